The first kappa shape index (κ1) is 39.0. The Morgan fingerprint density at radius 1 is 1.02 bits per heavy atom. The van der Waals surface area contributed by atoms with Crippen LogP contribution in [0, 0.1) is 11.3 Å². The number of imidazole rings is 1. The van der Waals surface area contributed by atoms with Gasteiger partial charge < -0.3 is 23.3 Å². The van der Waals surface area contributed by atoms with Crippen LogP contribution >= 0.6 is 8.53 Å². The van der Waals surface area contributed by atoms with Crippen LogP contribution in [0.5, 0.6) is 11.6 Å². The number of alkyl halides is 1. The molecule has 5 aromatic rings. The van der Waals surface area contributed by atoms with Gasteiger partial charge in [0.15, 0.2) is 30.2 Å². The molecule has 3 aromatic carbocycles. The first-order valence-corrected chi connectivity index (χ1v) is 23.2. The lowest BCUT2D eigenvalue weighted by molar-refractivity contribution is -0.118. The van der Waals surface area contributed by atoms with Gasteiger partial charge >= 0.3 is 0 Å². The third-order valence-corrected chi connectivity index (χ3v) is 17.2. The van der Waals surface area contributed by atoms with E-state index in [4.69, 9.17) is 28.5 Å². The molecule has 5 heterocycles. The Balaban J connectivity index is 1.02. The molecule has 0 bridgehead atoms. The number of aromatic nitrogens is 4. The van der Waals surface area contributed by atoms with Gasteiger partial charge in [0.2, 0.25) is 11.8 Å². The summed E-state index contributed by atoms with van der Waals surface area (Å²) in [6.07, 6.45) is -0.274. The number of para-hydroxylation sites is 1. The maximum atomic E-state index is 17.0. The number of nitrogens with one attached hydrogen (secondary N) is 1. The lowest BCUT2D eigenvalue weighted by Crippen LogP contribution is -2.58. The number of rotatable bonds is 15. The molecule has 0 aliphatic carbocycles. The highest BCUT2D eigenvalue weighted by Gasteiger charge is 2.54. The first-order valence-electron chi connectivity index (χ1n) is 19.4. The third kappa shape index (κ3) is 8.16. The first-order chi connectivity index (χ1) is 27.9. The molecular weight excluding hydrogens is 765 g/mol. The summed E-state index contributed by atoms with van der Waals surface area (Å²) in [6.45, 7) is 4.91. The van der Waals surface area contributed by atoms with Crippen molar-refractivity contribution in [3.05, 3.63) is 97.3 Å². The maximum Gasteiger partial charge on any atom is 0.264 e. The van der Waals surface area contributed by atoms with Crippen molar-refractivity contribution >= 4 is 50.0 Å². The minimum Gasteiger partial charge on any atom is -0.484 e. The van der Waals surface area contributed by atoms with Crippen molar-refractivity contribution in [2.24, 2.45) is 0 Å². The molecule has 13 nitrogen and oxygen atoms in total. The molecule has 7 atom stereocenters. The Hall–Kier alpha value is -4.81. The van der Waals surface area contributed by atoms with Gasteiger partial charge in [-0.2, -0.15) is 15.2 Å². The van der Waals surface area contributed by atoms with Crippen molar-refractivity contribution in [3.8, 4) is 17.7 Å². The molecule has 3 saturated heterocycles. The molecule has 296 valence electrons. The van der Waals surface area contributed by atoms with Gasteiger partial charge in [0.1, 0.15) is 26.5 Å². The van der Waals surface area contributed by atoms with E-state index < -0.39 is 47.1 Å². The molecule has 0 radical (unpaired) electrons. The lowest BCUT2D eigenvalue weighted by Gasteiger charge is -2.32. The Kier molecular flexibility index (Phi) is 11.9. The largest absolute Gasteiger partial charge is 0.484 e. The summed E-state index contributed by atoms with van der Waals surface area (Å²) in [5.41, 5.74) is 0.419. The van der Waals surface area contributed by atoms with E-state index in [0.29, 0.717) is 12.2 Å². The molecule has 16 heteroatoms. The fourth-order valence-corrected chi connectivity index (χ4v) is 14.0. The van der Waals surface area contributed by atoms with Crippen LogP contribution < -0.4 is 25.2 Å². The standard InChI is InChI=1S/C41H45FN7O6PSi/c1-3-32-37(55-56-49-23-13-21-31(49)33(54-56)26-57(2,29-17-9-5-10-18-29)30-19-11-6-12-20-30)35(42)40(53-32)48-27-44-36-38(48)46-41(47-39(36)51-24-14-22-43)45-34(50)25-52-28-15-7-4-8-16-28/h4-12,15-20,27,31-33,35,37,40H,3,13-14,21,23-26H2,1-2H3,(H,45,46,47,50)/t31-,32+,33+,35?,37-,40+,56+/m0/s1. The van der Waals surface area contributed by atoms with Crippen LogP contribution in [0.3, 0.4) is 0 Å². The number of hydrogen-bond acceptors (Lipinski definition) is 11. The van der Waals surface area contributed by atoms with Gasteiger partial charge in [-0.1, -0.05) is 103 Å². The highest BCUT2D eigenvalue weighted by Crippen LogP contribution is 2.59. The van der Waals surface area contributed by atoms with Crippen molar-refractivity contribution in [1.82, 2.24) is 24.2 Å². The van der Waals surface area contributed by atoms with E-state index in [9.17, 15) is 4.79 Å². The molecule has 1 unspecified atom stereocenters. The quantitative estimate of drug-likeness (QED) is 0.0739. The molecule has 3 aliphatic rings. The highest BCUT2D eigenvalue weighted by molar-refractivity contribution is 7.45. The predicted octanol–water partition coefficient (Wildman–Crippen LogP) is 6.15. The van der Waals surface area contributed by atoms with E-state index in [-0.39, 0.29) is 54.8 Å². The lowest BCUT2D eigenvalue weighted by atomic mass is 10.1. The van der Waals surface area contributed by atoms with Crippen molar-refractivity contribution in [2.75, 3.05) is 25.1 Å². The molecule has 0 saturated carbocycles. The second-order valence-corrected chi connectivity index (χ2v) is 20.2. The number of carbonyl (C=O) groups is 1. The summed E-state index contributed by atoms with van der Waals surface area (Å²) < 4.78 is 52.1. The number of nitrogens with zero attached hydrogens (tertiary/aromatic N) is 6. The van der Waals surface area contributed by atoms with Crippen LogP contribution in [0.25, 0.3) is 11.2 Å². The minimum absolute atomic E-state index is 0.0276. The number of benzene rings is 3. The van der Waals surface area contributed by atoms with Crippen molar-refractivity contribution in [2.45, 2.75) is 82.0 Å². The Morgan fingerprint density at radius 2 is 1.72 bits per heavy atom. The fraction of sp³-hybridized carbons (Fsp3) is 0.390. The minimum atomic E-state index is -2.24. The van der Waals surface area contributed by atoms with E-state index in [0.717, 1.165) is 25.4 Å². The van der Waals surface area contributed by atoms with Gasteiger partial charge in [0.25, 0.3) is 14.4 Å². The molecule has 3 aliphatic heterocycles. The maximum absolute atomic E-state index is 17.0. The van der Waals surface area contributed by atoms with Gasteiger partial charge in [-0.3, -0.25) is 14.7 Å². The van der Waals surface area contributed by atoms with Crippen molar-refractivity contribution < 1.29 is 32.4 Å². The average Bonchev–Trinajstić information content (AvgIpc) is 4.03. The van der Waals surface area contributed by atoms with Crippen LogP contribution in [0.1, 0.15) is 38.8 Å². The van der Waals surface area contributed by atoms with Crippen LogP contribution in [0.15, 0.2) is 97.3 Å². The van der Waals surface area contributed by atoms with Crippen molar-refractivity contribution in [1.29, 1.82) is 5.26 Å². The van der Waals surface area contributed by atoms with E-state index in [1.54, 1.807) is 24.3 Å². The second kappa shape index (κ2) is 17.4. The Bertz CT molecular complexity index is 2150. The molecule has 2 aromatic heterocycles. The monoisotopic (exact) mass is 809 g/mol. The average molecular weight is 810 g/mol. The number of fused-ring (bicyclic) bond motifs is 2. The topological polar surface area (TPSA) is 146 Å². The Morgan fingerprint density at radius 3 is 2.40 bits per heavy atom. The molecule has 1 amide bonds. The van der Waals surface area contributed by atoms with Gasteiger partial charge in [-0.05, 0) is 37.4 Å². The highest BCUT2D eigenvalue weighted by atomic mass is 31.2. The van der Waals surface area contributed by atoms with Crippen LogP contribution in [-0.2, 0) is 18.6 Å². The number of hydrogen-bond donors (Lipinski definition) is 1. The normalized spacial score (nSPS) is 24.6. The van der Waals surface area contributed by atoms with Gasteiger partial charge in [-0.15, -0.1) is 0 Å². The molecule has 3 fully saturated rings. The summed E-state index contributed by atoms with van der Waals surface area (Å²) in [7, 11) is -3.80. The van der Waals surface area contributed by atoms with E-state index in [2.05, 4.69) is 92.1 Å². The number of carbonyl (C=O) groups excluding carboxylic acids is 1. The summed E-state index contributed by atoms with van der Waals surface area (Å²) >= 11 is 0. The third-order valence-electron chi connectivity index (χ3n) is 10.9. The number of nitriles is 1. The van der Waals surface area contributed by atoms with Crippen LogP contribution in [0.4, 0.5) is 10.3 Å². The zero-order valence-electron chi connectivity index (χ0n) is 31.8. The number of halogens is 1. The number of ether oxygens (including phenoxy) is 3. The molecule has 57 heavy (non-hydrogen) atoms. The number of anilines is 1. The second-order valence-electron chi connectivity index (χ2n) is 14.6. The molecule has 8 rings (SSSR count). The summed E-state index contributed by atoms with van der Waals surface area (Å²) in [4.78, 5) is 26.3. The summed E-state index contributed by atoms with van der Waals surface area (Å²) in [5.74, 6) is -0.0455. The fourth-order valence-electron chi connectivity index (χ4n) is 8.01. The molecular formula is C41H45FN7O6PSi. The number of amides is 1. The zero-order valence-corrected chi connectivity index (χ0v) is 33.7. The van der Waals surface area contributed by atoms with Crippen LogP contribution in [0.2, 0.25) is 12.6 Å². The smallest absolute Gasteiger partial charge is 0.264 e. The van der Waals surface area contributed by atoms with E-state index >= 15 is 4.39 Å². The van der Waals surface area contributed by atoms with Gasteiger partial charge in [0, 0.05) is 12.6 Å². The van der Waals surface area contributed by atoms with Gasteiger partial charge in [0.05, 0.1) is 31.0 Å². The Labute approximate surface area is 333 Å². The van der Waals surface area contributed by atoms with Crippen molar-refractivity contribution in [3.63, 3.8) is 0 Å². The summed E-state index contributed by atoms with van der Waals surface area (Å²) in [5, 5.41) is 14.5. The van der Waals surface area contributed by atoms with E-state index in [1.807, 2.05) is 19.1 Å². The SMILES string of the molecule is CC[C@H]1O[C@@H](n2cnc3c(OCCC#N)nc(NC(=O)COc4ccccc4)nc32)C(F)[C@H]1O[P@@]1O[C@H](C[Si](C)(c2ccccc2)c2ccccc2)[C@@H]2CCCN21. The molecule has 1 N–H and O–H groups in total. The van der Waals surface area contributed by atoms with E-state index in [1.165, 1.54) is 21.3 Å². The summed E-state index contributed by atoms with van der Waals surface area (Å²) in [6, 6.07) is 33.5. The van der Waals surface area contributed by atoms with Gasteiger partial charge in [-0.25, -0.2) is 14.0 Å². The van der Waals surface area contributed by atoms with Crippen LogP contribution in [-0.4, -0.2) is 88.5 Å². The predicted molar refractivity (Wildman–Crippen MR) is 216 cm³/mol. The zero-order chi connectivity index (χ0) is 39.4. The molecule has 0 spiro atoms.